The predicted octanol–water partition coefficient (Wildman–Crippen LogP) is 7.76. The fraction of sp³-hybridized carbons (Fsp3) is 0.182. The molecule has 5 aromatic rings. The van der Waals surface area contributed by atoms with Gasteiger partial charge in [-0.05, 0) is 80.0 Å². The van der Waals surface area contributed by atoms with Gasteiger partial charge < -0.3 is 4.57 Å². The molecule has 37 heavy (non-hydrogen) atoms. The maximum Gasteiger partial charge on any atom is 0.160 e. The summed E-state index contributed by atoms with van der Waals surface area (Å²) in [4.78, 5) is 14.7. The van der Waals surface area contributed by atoms with E-state index in [4.69, 9.17) is 15.0 Å². The first-order valence-corrected chi connectivity index (χ1v) is 13.2. The molecular formula is C33H28N4. The molecule has 0 saturated carbocycles. The Balaban J connectivity index is 1.33. The van der Waals surface area contributed by atoms with Crippen LogP contribution in [0.15, 0.2) is 97.2 Å². The number of hydrogen-bond donors (Lipinski definition) is 0. The van der Waals surface area contributed by atoms with E-state index in [1.165, 1.54) is 40.9 Å². The lowest BCUT2D eigenvalue weighted by Gasteiger charge is -2.16. The van der Waals surface area contributed by atoms with Crippen molar-refractivity contribution in [1.82, 2.24) is 19.5 Å². The number of nitrogens with zero attached hydrogens (tertiary/aromatic N) is 4. The molecule has 2 aliphatic rings. The summed E-state index contributed by atoms with van der Waals surface area (Å²) in [5.74, 6) is 0.768. The zero-order valence-electron chi connectivity index (χ0n) is 20.8. The Morgan fingerprint density at radius 3 is 2.41 bits per heavy atom. The summed E-state index contributed by atoms with van der Waals surface area (Å²) in [5.41, 5.74) is 11.7. The topological polar surface area (TPSA) is 43.6 Å². The molecule has 3 aromatic heterocycles. The van der Waals surface area contributed by atoms with Gasteiger partial charge in [-0.25, -0.2) is 9.97 Å². The molecule has 0 amide bonds. The lowest BCUT2D eigenvalue weighted by Crippen LogP contribution is -2.07. The molecule has 0 saturated heterocycles. The van der Waals surface area contributed by atoms with E-state index >= 15 is 0 Å². The lowest BCUT2D eigenvalue weighted by atomic mass is 9.97. The van der Waals surface area contributed by atoms with Crippen molar-refractivity contribution in [2.45, 2.75) is 38.5 Å². The second-order valence-electron chi connectivity index (χ2n) is 9.87. The van der Waals surface area contributed by atoms with Gasteiger partial charge in [0, 0.05) is 28.7 Å². The minimum atomic E-state index is 0.768. The van der Waals surface area contributed by atoms with Crippen LogP contribution in [0.25, 0.3) is 44.9 Å². The number of rotatable bonds is 4. The van der Waals surface area contributed by atoms with Crippen LogP contribution in [0.4, 0.5) is 0 Å². The van der Waals surface area contributed by atoms with Crippen molar-refractivity contribution in [3.63, 3.8) is 0 Å². The maximum atomic E-state index is 5.01. The summed E-state index contributed by atoms with van der Waals surface area (Å²) in [6.07, 6.45) is 15.2. The van der Waals surface area contributed by atoms with E-state index in [0.29, 0.717) is 0 Å². The molecule has 0 unspecified atom stereocenters. The number of allylic oxidation sites excluding steroid dienone is 4. The molecule has 0 bridgehead atoms. The molecule has 0 aliphatic heterocycles. The second kappa shape index (κ2) is 9.29. The monoisotopic (exact) mass is 480 g/mol. The van der Waals surface area contributed by atoms with Gasteiger partial charge in [-0.3, -0.25) is 4.98 Å². The van der Waals surface area contributed by atoms with Crippen LogP contribution in [0.2, 0.25) is 0 Å². The van der Waals surface area contributed by atoms with Crippen molar-refractivity contribution in [3.8, 4) is 28.3 Å². The Kier molecular flexibility index (Phi) is 5.51. The van der Waals surface area contributed by atoms with Gasteiger partial charge in [-0.15, -0.1) is 0 Å². The molecule has 0 radical (unpaired) electrons. The number of hydrogen-bond acceptors (Lipinski definition) is 3. The van der Waals surface area contributed by atoms with E-state index < -0.39 is 0 Å². The average molecular weight is 481 g/mol. The van der Waals surface area contributed by atoms with Crippen LogP contribution >= 0.6 is 0 Å². The molecule has 0 spiro atoms. The van der Waals surface area contributed by atoms with E-state index in [9.17, 15) is 0 Å². The third kappa shape index (κ3) is 3.99. The Labute approximate surface area is 217 Å². The van der Waals surface area contributed by atoms with Crippen LogP contribution in [-0.2, 0) is 12.8 Å². The highest BCUT2D eigenvalue weighted by Gasteiger charge is 2.21. The third-order valence-electron chi connectivity index (χ3n) is 7.54. The molecular weight excluding hydrogens is 452 g/mol. The molecule has 4 nitrogen and oxygen atoms in total. The zero-order valence-corrected chi connectivity index (χ0v) is 20.8. The van der Waals surface area contributed by atoms with Crippen molar-refractivity contribution in [1.29, 1.82) is 0 Å². The van der Waals surface area contributed by atoms with Crippen molar-refractivity contribution < 1.29 is 0 Å². The molecule has 3 heterocycles. The Morgan fingerprint density at radius 2 is 1.57 bits per heavy atom. The van der Waals surface area contributed by atoms with Crippen LogP contribution in [0.3, 0.4) is 0 Å². The minimum absolute atomic E-state index is 0.768. The summed E-state index contributed by atoms with van der Waals surface area (Å²) >= 11 is 0. The number of benzene rings is 2. The maximum absolute atomic E-state index is 5.01. The molecule has 0 N–H and O–H groups in total. The first kappa shape index (κ1) is 21.9. The summed E-state index contributed by atoms with van der Waals surface area (Å²) in [5, 5.41) is 0. The van der Waals surface area contributed by atoms with Crippen LogP contribution in [0.1, 0.15) is 42.6 Å². The average Bonchev–Trinajstić information content (AvgIpc) is 3.32. The zero-order chi connectivity index (χ0) is 24.6. The molecule has 7 rings (SSSR count). The van der Waals surface area contributed by atoms with Gasteiger partial charge in [-0.2, -0.15) is 0 Å². The fourth-order valence-electron chi connectivity index (χ4n) is 5.71. The Bertz CT molecular complexity index is 1660. The Morgan fingerprint density at radius 1 is 0.730 bits per heavy atom. The largest absolute Gasteiger partial charge is 0.312 e. The van der Waals surface area contributed by atoms with Gasteiger partial charge in [0.2, 0.25) is 0 Å². The van der Waals surface area contributed by atoms with Crippen molar-refractivity contribution in [2.24, 2.45) is 0 Å². The molecule has 0 atom stereocenters. The van der Waals surface area contributed by atoms with E-state index in [1.807, 2.05) is 30.5 Å². The number of aromatic nitrogens is 4. The van der Waals surface area contributed by atoms with Crippen LogP contribution in [0, 0.1) is 0 Å². The minimum Gasteiger partial charge on any atom is -0.312 e. The van der Waals surface area contributed by atoms with Gasteiger partial charge in [0.1, 0.15) is 0 Å². The molecule has 2 aliphatic carbocycles. The molecule has 180 valence electrons. The molecule has 2 aromatic carbocycles. The van der Waals surface area contributed by atoms with E-state index in [-0.39, 0.29) is 0 Å². The van der Waals surface area contributed by atoms with Gasteiger partial charge >= 0.3 is 0 Å². The van der Waals surface area contributed by atoms with Gasteiger partial charge in [0.05, 0.1) is 22.4 Å². The smallest absolute Gasteiger partial charge is 0.160 e. The SMILES string of the molecule is C1=CCCC(c2cc(-c3ccc(-n4c5c(c6ncccc64)CCCC5)cc3)nc(-c3ccccc3)n2)=C1. The van der Waals surface area contributed by atoms with Gasteiger partial charge in [-0.1, -0.05) is 60.7 Å². The number of aryl methyl sites for hydroxylation is 1. The molecule has 0 fully saturated rings. The fourth-order valence-corrected chi connectivity index (χ4v) is 5.71. The summed E-state index contributed by atoms with van der Waals surface area (Å²) in [7, 11) is 0. The summed E-state index contributed by atoms with van der Waals surface area (Å²) in [6, 6.07) is 25.5. The van der Waals surface area contributed by atoms with Gasteiger partial charge in [0.25, 0.3) is 0 Å². The van der Waals surface area contributed by atoms with E-state index in [2.05, 4.69) is 71.3 Å². The highest BCUT2D eigenvalue weighted by molar-refractivity contribution is 5.84. The number of fused-ring (bicyclic) bond motifs is 3. The summed E-state index contributed by atoms with van der Waals surface area (Å²) in [6.45, 7) is 0. The number of pyridine rings is 1. The normalized spacial score (nSPS) is 15.0. The van der Waals surface area contributed by atoms with E-state index in [1.54, 1.807) is 0 Å². The quantitative estimate of drug-likeness (QED) is 0.264. The first-order chi connectivity index (χ1) is 18.3. The van der Waals surface area contributed by atoms with E-state index in [0.717, 1.165) is 59.5 Å². The van der Waals surface area contributed by atoms with Crippen LogP contribution in [-0.4, -0.2) is 19.5 Å². The van der Waals surface area contributed by atoms with Crippen molar-refractivity contribution in [3.05, 3.63) is 114 Å². The third-order valence-corrected chi connectivity index (χ3v) is 7.54. The lowest BCUT2D eigenvalue weighted by molar-refractivity contribution is 0.666. The van der Waals surface area contributed by atoms with Crippen LogP contribution < -0.4 is 0 Å². The second-order valence-corrected chi connectivity index (χ2v) is 9.87. The standard InChI is InChI=1S/C33H28N4/c1-3-10-23(11-4-1)28-22-29(36-33(35-28)25-12-5-2-6-13-25)24-17-19-26(20-18-24)37-30-15-8-7-14-27(30)32-31(37)16-9-21-34-32/h1-3,5-6,9-10,12-13,16-22H,4,7-8,11,14-15H2. The van der Waals surface area contributed by atoms with Crippen molar-refractivity contribution in [2.75, 3.05) is 0 Å². The Hall–Kier alpha value is -4.31. The van der Waals surface area contributed by atoms with Gasteiger partial charge in [0.15, 0.2) is 5.82 Å². The summed E-state index contributed by atoms with van der Waals surface area (Å²) < 4.78 is 2.42. The molecule has 4 heteroatoms. The van der Waals surface area contributed by atoms with Crippen LogP contribution in [0.5, 0.6) is 0 Å². The first-order valence-electron chi connectivity index (χ1n) is 13.2. The van der Waals surface area contributed by atoms with Crippen molar-refractivity contribution >= 4 is 16.6 Å². The highest BCUT2D eigenvalue weighted by Crippen LogP contribution is 2.34. The predicted molar refractivity (Wildman–Crippen MR) is 151 cm³/mol. The highest BCUT2D eigenvalue weighted by atomic mass is 15.0.